The van der Waals surface area contributed by atoms with Gasteiger partial charge in [-0.25, -0.2) is 9.79 Å². The smallest absolute Gasteiger partial charge is 0.338 e. The van der Waals surface area contributed by atoms with Gasteiger partial charge >= 0.3 is 5.97 Å². The molecule has 1 aromatic heterocycles. The number of hydrogen-bond donors (Lipinski definition) is 0. The van der Waals surface area contributed by atoms with E-state index in [1.54, 1.807) is 30.7 Å². The van der Waals surface area contributed by atoms with E-state index >= 15 is 0 Å². The molecule has 0 aliphatic carbocycles. The second-order valence-electron chi connectivity index (χ2n) is 8.47. The molecule has 188 valence electrons. The van der Waals surface area contributed by atoms with Crippen molar-refractivity contribution in [1.29, 1.82) is 0 Å². The van der Waals surface area contributed by atoms with Gasteiger partial charge in [-0.05, 0) is 54.8 Å². The van der Waals surface area contributed by atoms with Gasteiger partial charge in [-0.2, -0.15) is 0 Å². The van der Waals surface area contributed by atoms with Crippen molar-refractivity contribution in [2.45, 2.75) is 39.2 Å². The predicted molar refractivity (Wildman–Crippen MR) is 140 cm³/mol. The molecule has 2 heterocycles. The number of benzene rings is 2. The van der Waals surface area contributed by atoms with E-state index in [1.165, 1.54) is 18.4 Å². The fraction of sp³-hybridized carbons (Fsp3) is 0.321. The first-order valence-electron chi connectivity index (χ1n) is 11.9. The minimum atomic E-state index is -0.652. The first-order chi connectivity index (χ1) is 17.5. The number of esters is 1. The third kappa shape index (κ3) is 5.28. The number of rotatable bonds is 9. The number of carbonyl (C=O) groups excluding carboxylic acids is 1. The fourth-order valence-electron chi connectivity index (χ4n) is 4.15. The van der Waals surface area contributed by atoms with E-state index in [4.69, 9.17) is 14.2 Å². The summed E-state index contributed by atoms with van der Waals surface area (Å²) in [4.78, 5) is 31.5. The molecule has 0 radical (unpaired) electrons. The maximum atomic E-state index is 13.6. The summed E-state index contributed by atoms with van der Waals surface area (Å²) in [5.74, 6) is 0.979. The van der Waals surface area contributed by atoms with Crippen molar-refractivity contribution in [1.82, 2.24) is 4.57 Å². The number of allylic oxidation sites excluding steroid dienone is 1. The number of methoxy groups -OCH3 is 2. The summed E-state index contributed by atoms with van der Waals surface area (Å²) >= 11 is 1.30. The zero-order valence-electron chi connectivity index (χ0n) is 20.9. The van der Waals surface area contributed by atoms with Gasteiger partial charge in [0.1, 0.15) is 11.5 Å². The summed E-state index contributed by atoms with van der Waals surface area (Å²) in [6, 6.07) is 14.3. The number of carbonyl (C=O) groups is 1. The Bertz CT molecular complexity index is 1430. The van der Waals surface area contributed by atoms with E-state index in [0.717, 1.165) is 36.1 Å². The Morgan fingerprint density at radius 2 is 1.75 bits per heavy atom. The normalized spacial score (nSPS) is 15.3. The van der Waals surface area contributed by atoms with Crippen LogP contribution >= 0.6 is 11.3 Å². The second-order valence-corrected chi connectivity index (χ2v) is 9.48. The van der Waals surface area contributed by atoms with Gasteiger partial charge in [0.25, 0.3) is 5.56 Å². The highest BCUT2D eigenvalue weighted by molar-refractivity contribution is 7.07. The van der Waals surface area contributed by atoms with Crippen LogP contribution < -0.4 is 24.4 Å². The molecule has 1 aliphatic heterocycles. The third-order valence-electron chi connectivity index (χ3n) is 6.05. The average molecular weight is 507 g/mol. The van der Waals surface area contributed by atoms with E-state index in [9.17, 15) is 9.59 Å². The van der Waals surface area contributed by atoms with Gasteiger partial charge in [0, 0.05) is 0 Å². The van der Waals surface area contributed by atoms with Crippen LogP contribution in [0.15, 0.2) is 69.6 Å². The van der Waals surface area contributed by atoms with Gasteiger partial charge in [0.15, 0.2) is 4.80 Å². The van der Waals surface area contributed by atoms with E-state index in [1.807, 2.05) is 42.5 Å². The molecule has 0 bridgehead atoms. The fourth-order valence-corrected chi connectivity index (χ4v) is 5.19. The Balaban J connectivity index is 1.74. The number of thiazole rings is 1. The number of unbranched alkanes of at least 4 members (excludes halogenated alkanes) is 2. The Morgan fingerprint density at radius 3 is 2.39 bits per heavy atom. The van der Waals surface area contributed by atoms with Gasteiger partial charge in [0.2, 0.25) is 0 Å². The average Bonchev–Trinajstić information content (AvgIpc) is 3.20. The predicted octanol–water partition coefficient (Wildman–Crippen LogP) is 3.99. The van der Waals surface area contributed by atoms with E-state index in [0.29, 0.717) is 33.0 Å². The van der Waals surface area contributed by atoms with Crippen LogP contribution in [0.5, 0.6) is 11.5 Å². The number of nitrogens with zero attached hydrogens (tertiary/aromatic N) is 2. The van der Waals surface area contributed by atoms with Gasteiger partial charge < -0.3 is 14.2 Å². The van der Waals surface area contributed by atoms with Crippen LogP contribution in [-0.4, -0.2) is 31.4 Å². The van der Waals surface area contributed by atoms with Crippen LogP contribution in [0.4, 0.5) is 0 Å². The monoisotopic (exact) mass is 506 g/mol. The van der Waals surface area contributed by atoms with Crippen LogP contribution in [0.3, 0.4) is 0 Å². The van der Waals surface area contributed by atoms with E-state index in [2.05, 4.69) is 11.9 Å². The zero-order valence-corrected chi connectivity index (χ0v) is 21.8. The highest BCUT2D eigenvalue weighted by Crippen LogP contribution is 2.31. The third-order valence-corrected chi connectivity index (χ3v) is 7.04. The molecular formula is C28H30N2O5S. The Kier molecular flexibility index (Phi) is 8.05. The van der Waals surface area contributed by atoms with Gasteiger partial charge in [-0.1, -0.05) is 55.4 Å². The van der Waals surface area contributed by atoms with Gasteiger partial charge in [-0.15, -0.1) is 0 Å². The largest absolute Gasteiger partial charge is 0.497 e. The highest BCUT2D eigenvalue weighted by atomic mass is 32.1. The molecule has 1 atom stereocenters. The molecule has 0 N–H and O–H groups in total. The number of fused-ring (bicyclic) bond motifs is 1. The standard InChI is InChI=1S/C28H30N2O5S/c1-5-6-7-16-35-22-12-8-19(9-13-22)17-23-26(31)30-25(20-10-14-21(33-3)15-11-20)24(27(32)34-4)18(2)29-28(30)36-23/h8-15,17,25H,5-7,16H2,1-4H3/b23-17+. The highest BCUT2D eigenvalue weighted by Gasteiger charge is 2.33. The topological polar surface area (TPSA) is 79.1 Å². The van der Waals surface area contributed by atoms with Crippen LogP contribution in [0, 0.1) is 0 Å². The summed E-state index contributed by atoms with van der Waals surface area (Å²) in [5.41, 5.74) is 2.30. The number of aromatic nitrogens is 1. The van der Waals surface area contributed by atoms with E-state index < -0.39 is 12.0 Å². The van der Waals surface area contributed by atoms with Crippen LogP contribution in [-0.2, 0) is 9.53 Å². The van der Waals surface area contributed by atoms with E-state index in [-0.39, 0.29) is 5.56 Å². The molecule has 0 saturated heterocycles. The lowest BCUT2D eigenvalue weighted by Crippen LogP contribution is -2.39. The van der Waals surface area contributed by atoms with Crippen molar-refractivity contribution in [2.75, 3.05) is 20.8 Å². The molecule has 1 unspecified atom stereocenters. The summed E-state index contributed by atoms with van der Waals surface area (Å²) < 4.78 is 18.2. The molecule has 2 aromatic carbocycles. The SMILES string of the molecule is CCCCCOc1ccc(/C=c2/sc3n(c2=O)C(c2ccc(OC)cc2)C(C(=O)OC)=C(C)N=3)cc1. The lowest BCUT2D eigenvalue weighted by molar-refractivity contribution is -0.136. The first kappa shape index (κ1) is 25.4. The van der Waals surface area contributed by atoms with Crippen molar-refractivity contribution in [3.8, 4) is 11.5 Å². The minimum absolute atomic E-state index is 0.214. The maximum Gasteiger partial charge on any atom is 0.338 e. The summed E-state index contributed by atoms with van der Waals surface area (Å²) in [7, 11) is 2.92. The zero-order chi connectivity index (χ0) is 25.7. The molecule has 0 spiro atoms. The molecule has 36 heavy (non-hydrogen) atoms. The minimum Gasteiger partial charge on any atom is -0.497 e. The molecule has 1 aliphatic rings. The molecule has 3 aromatic rings. The summed E-state index contributed by atoms with van der Waals surface area (Å²) in [6.45, 7) is 4.62. The molecular weight excluding hydrogens is 476 g/mol. The molecule has 7 nitrogen and oxygen atoms in total. The Morgan fingerprint density at radius 1 is 1.06 bits per heavy atom. The van der Waals surface area contributed by atoms with Crippen molar-refractivity contribution >= 4 is 23.4 Å². The second kappa shape index (κ2) is 11.4. The molecule has 8 heteroatoms. The van der Waals surface area contributed by atoms with Gasteiger partial charge in [-0.3, -0.25) is 9.36 Å². The van der Waals surface area contributed by atoms with Crippen LogP contribution in [0.25, 0.3) is 6.08 Å². The van der Waals surface area contributed by atoms with Crippen molar-refractivity contribution in [3.05, 3.63) is 90.6 Å². The van der Waals surface area contributed by atoms with Crippen molar-refractivity contribution < 1.29 is 19.0 Å². The number of ether oxygens (including phenoxy) is 3. The molecule has 4 rings (SSSR count). The quantitative estimate of drug-likeness (QED) is 0.324. The Labute approximate surface area is 214 Å². The van der Waals surface area contributed by atoms with Crippen LogP contribution in [0.1, 0.15) is 50.3 Å². The first-order valence-corrected chi connectivity index (χ1v) is 12.8. The van der Waals surface area contributed by atoms with Gasteiger partial charge in [0.05, 0.1) is 42.7 Å². The Hall–Kier alpha value is -3.65. The summed E-state index contributed by atoms with van der Waals surface area (Å²) in [6.07, 6.45) is 5.17. The summed E-state index contributed by atoms with van der Waals surface area (Å²) in [5, 5.41) is 0. The number of hydrogen-bond acceptors (Lipinski definition) is 7. The lowest BCUT2D eigenvalue weighted by atomic mass is 9.96. The van der Waals surface area contributed by atoms with Crippen LogP contribution in [0.2, 0.25) is 0 Å². The van der Waals surface area contributed by atoms with Crippen molar-refractivity contribution in [3.63, 3.8) is 0 Å². The van der Waals surface area contributed by atoms with Crippen molar-refractivity contribution in [2.24, 2.45) is 4.99 Å². The molecule has 0 amide bonds. The molecule has 0 fully saturated rings. The lowest BCUT2D eigenvalue weighted by Gasteiger charge is -2.24. The maximum absolute atomic E-state index is 13.6. The molecule has 0 saturated carbocycles.